The predicted octanol–water partition coefficient (Wildman–Crippen LogP) is 9.74. The van der Waals surface area contributed by atoms with Crippen molar-refractivity contribution in [2.75, 3.05) is 0 Å². The summed E-state index contributed by atoms with van der Waals surface area (Å²) in [5.41, 5.74) is 8.87. The van der Waals surface area contributed by atoms with Crippen LogP contribution in [-0.4, -0.2) is 19.6 Å². The molecule has 0 saturated carbocycles. The van der Waals surface area contributed by atoms with E-state index in [0.717, 1.165) is 66.8 Å². The van der Waals surface area contributed by atoms with Gasteiger partial charge in [-0.05, 0) is 41.0 Å². The molecule has 0 atom stereocenters. The molecule has 0 aliphatic rings. The van der Waals surface area contributed by atoms with Crippen molar-refractivity contribution in [2.24, 2.45) is 0 Å². The number of para-hydroxylation sites is 2. The Balaban J connectivity index is 0.00000325. The van der Waals surface area contributed by atoms with Crippen molar-refractivity contribution in [1.29, 1.82) is 0 Å². The first-order chi connectivity index (χ1) is 21.7. The van der Waals surface area contributed by atoms with Gasteiger partial charge in [-0.3, -0.25) is 9.55 Å². The minimum atomic E-state index is 0. The molecule has 0 unspecified atom stereocenters. The van der Waals surface area contributed by atoms with Crippen LogP contribution in [0.1, 0.15) is 0 Å². The second-order valence-corrected chi connectivity index (χ2v) is 10.7. The number of benzene rings is 5. The van der Waals surface area contributed by atoms with E-state index in [2.05, 4.69) is 59.2 Å². The van der Waals surface area contributed by atoms with Gasteiger partial charge in [0.1, 0.15) is 11.5 Å². The van der Waals surface area contributed by atoms with Gasteiger partial charge in [0.15, 0.2) is 0 Å². The summed E-state index contributed by atoms with van der Waals surface area (Å²) in [6.45, 7) is 0. The molecule has 8 aromatic rings. The zero-order valence-corrected chi connectivity index (χ0v) is 26.3. The molecule has 5 heteroatoms. The Morgan fingerprint density at radius 1 is 0.556 bits per heavy atom. The van der Waals surface area contributed by atoms with Crippen LogP contribution in [0.25, 0.3) is 72.4 Å². The molecule has 0 fully saturated rings. The van der Waals surface area contributed by atoms with Gasteiger partial charge in [-0.1, -0.05) is 120 Å². The number of rotatable bonds is 5. The second kappa shape index (κ2) is 12.0. The van der Waals surface area contributed by atoms with E-state index in [0.29, 0.717) is 5.56 Å². The van der Waals surface area contributed by atoms with Gasteiger partial charge in [0.05, 0.1) is 11.3 Å². The van der Waals surface area contributed by atoms with Crippen molar-refractivity contribution in [3.05, 3.63) is 158 Å². The fourth-order valence-corrected chi connectivity index (χ4v) is 5.99. The summed E-state index contributed by atoms with van der Waals surface area (Å²) >= 11 is 0. The van der Waals surface area contributed by atoms with Gasteiger partial charge in [0.25, 0.3) is 0 Å². The first-order valence-electron chi connectivity index (χ1n) is 14.6. The van der Waals surface area contributed by atoms with Crippen LogP contribution in [0.2, 0.25) is 0 Å². The molecule has 0 radical (unpaired) electrons. The zero-order chi connectivity index (χ0) is 29.5. The fourth-order valence-electron chi connectivity index (χ4n) is 5.99. The molecule has 4 nitrogen and oxygen atoms in total. The Morgan fingerprint density at radius 3 is 2.04 bits per heavy atom. The monoisotopic (exact) mass is 759 g/mol. The number of hydrogen-bond acceptors (Lipinski definition) is 3. The van der Waals surface area contributed by atoms with E-state index in [9.17, 15) is 5.11 Å². The van der Waals surface area contributed by atoms with Crippen LogP contribution in [0.4, 0.5) is 0 Å². The molecule has 45 heavy (non-hydrogen) atoms. The maximum Gasteiger partial charge on any atom is 0.146 e. The molecule has 5 aromatic carbocycles. The van der Waals surface area contributed by atoms with E-state index in [1.807, 2.05) is 103 Å². The molecular formula is C40H26N3OPt-. The quantitative estimate of drug-likeness (QED) is 0.178. The fraction of sp³-hybridized carbons (Fsp3) is 0. The van der Waals surface area contributed by atoms with E-state index in [4.69, 9.17) is 9.97 Å². The van der Waals surface area contributed by atoms with Gasteiger partial charge in [0.2, 0.25) is 0 Å². The van der Waals surface area contributed by atoms with E-state index >= 15 is 0 Å². The van der Waals surface area contributed by atoms with Gasteiger partial charge in [-0.15, -0.1) is 23.8 Å². The third-order valence-electron chi connectivity index (χ3n) is 8.06. The molecule has 0 aliphatic heterocycles. The van der Waals surface area contributed by atoms with Crippen molar-refractivity contribution >= 4 is 21.9 Å². The van der Waals surface area contributed by atoms with E-state index in [1.165, 1.54) is 0 Å². The number of aromatic nitrogens is 3. The Bertz CT molecular complexity index is 2240. The van der Waals surface area contributed by atoms with Gasteiger partial charge >= 0.3 is 0 Å². The number of phenols is 1. The Morgan fingerprint density at radius 2 is 1.22 bits per heavy atom. The molecule has 8 rings (SSSR count). The smallest absolute Gasteiger partial charge is 0.146 e. The normalized spacial score (nSPS) is 11.0. The average molecular weight is 760 g/mol. The number of phenolic OH excluding ortho intramolecular Hbond substituents is 1. The third kappa shape index (κ3) is 5.14. The molecule has 0 aliphatic carbocycles. The number of hydrogen-bond donors (Lipinski definition) is 1. The molecule has 3 heterocycles. The van der Waals surface area contributed by atoms with Gasteiger partial charge in [0, 0.05) is 49.3 Å². The van der Waals surface area contributed by atoms with Crippen molar-refractivity contribution in [3.63, 3.8) is 0 Å². The summed E-state index contributed by atoms with van der Waals surface area (Å²) in [5, 5.41) is 13.8. The Hall–Kier alpha value is -5.31. The average Bonchev–Trinajstić information content (AvgIpc) is 3.43. The Labute approximate surface area is 275 Å². The molecule has 0 bridgehead atoms. The topological polar surface area (TPSA) is 50.9 Å². The SMILES string of the molecule is Oc1c(-c2[c-]c(-c3cccc(-n4c5ccccc5c5cccnc54)n3)cc(-c3ccccc3)c2)cccc1-c1ccccc1.[Pt]. The molecule has 1 N–H and O–H groups in total. The largest absolute Gasteiger partial charge is 0.515 e. The minimum absolute atomic E-state index is 0. The summed E-state index contributed by atoms with van der Waals surface area (Å²) in [6.07, 6.45) is 1.82. The first kappa shape index (κ1) is 28.5. The van der Waals surface area contributed by atoms with Crippen LogP contribution in [-0.2, 0) is 21.1 Å². The van der Waals surface area contributed by atoms with Crippen LogP contribution in [0.15, 0.2) is 152 Å². The maximum absolute atomic E-state index is 11.5. The summed E-state index contributed by atoms with van der Waals surface area (Å²) in [7, 11) is 0. The van der Waals surface area contributed by atoms with Crippen LogP contribution >= 0.6 is 0 Å². The molecule has 0 amide bonds. The van der Waals surface area contributed by atoms with Crippen molar-refractivity contribution in [3.8, 4) is 56.2 Å². The van der Waals surface area contributed by atoms with Crippen LogP contribution in [0, 0.1) is 6.07 Å². The molecule has 0 saturated heterocycles. The summed E-state index contributed by atoms with van der Waals surface area (Å²) < 4.78 is 2.12. The van der Waals surface area contributed by atoms with Gasteiger partial charge in [-0.25, -0.2) is 4.98 Å². The van der Waals surface area contributed by atoms with Gasteiger partial charge in [-0.2, -0.15) is 0 Å². The van der Waals surface area contributed by atoms with Crippen molar-refractivity contribution < 1.29 is 26.2 Å². The second-order valence-electron chi connectivity index (χ2n) is 10.7. The Kier molecular flexibility index (Phi) is 7.59. The number of pyridine rings is 2. The maximum atomic E-state index is 11.5. The van der Waals surface area contributed by atoms with Gasteiger partial charge < -0.3 is 5.11 Å². The number of fused-ring (bicyclic) bond motifs is 3. The van der Waals surface area contributed by atoms with E-state index in [-0.39, 0.29) is 26.8 Å². The number of aromatic hydroxyl groups is 1. The number of nitrogens with zero attached hydrogens (tertiary/aromatic N) is 3. The van der Waals surface area contributed by atoms with Crippen LogP contribution < -0.4 is 0 Å². The molecule has 218 valence electrons. The summed E-state index contributed by atoms with van der Waals surface area (Å²) in [5.74, 6) is 1.01. The standard InChI is InChI=1S/C40H26N3O.Pt/c44-39-32(28-14-5-2-6-15-28)17-9-18-33(39)30-24-29(27-12-3-1-4-13-27)25-31(26-30)36-20-10-22-38(42-36)43-37-21-8-7-16-34(37)35-19-11-23-41-40(35)43;/h1-25,44H;/q-1;. The first-order valence-corrected chi connectivity index (χ1v) is 14.6. The predicted molar refractivity (Wildman–Crippen MR) is 179 cm³/mol. The minimum Gasteiger partial charge on any atom is -0.515 e. The van der Waals surface area contributed by atoms with Crippen LogP contribution in [0.5, 0.6) is 5.75 Å². The molecule has 0 spiro atoms. The summed E-state index contributed by atoms with van der Waals surface area (Å²) in [6, 6.07) is 52.3. The van der Waals surface area contributed by atoms with E-state index < -0.39 is 0 Å². The van der Waals surface area contributed by atoms with Crippen LogP contribution in [0.3, 0.4) is 0 Å². The van der Waals surface area contributed by atoms with Crippen molar-refractivity contribution in [2.45, 2.75) is 0 Å². The van der Waals surface area contributed by atoms with E-state index in [1.54, 1.807) is 0 Å². The zero-order valence-electron chi connectivity index (χ0n) is 24.0. The molecule has 3 aromatic heterocycles. The third-order valence-corrected chi connectivity index (χ3v) is 8.06. The molecular weight excluding hydrogens is 734 g/mol. The van der Waals surface area contributed by atoms with Crippen molar-refractivity contribution in [1.82, 2.24) is 14.5 Å². The summed E-state index contributed by atoms with van der Waals surface area (Å²) in [4.78, 5) is 9.91.